The van der Waals surface area contributed by atoms with Gasteiger partial charge in [0.25, 0.3) is 5.56 Å². The van der Waals surface area contributed by atoms with Gasteiger partial charge in [-0.05, 0) is 98.6 Å². The topological polar surface area (TPSA) is 144 Å². The molecule has 3 atom stereocenters. The Bertz CT molecular complexity index is 2100. The second-order valence-corrected chi connectivity index (χ2v) is 17.5. The number of aromatic nitrogens is 3. The second kappa shape index (κ2) is 14.1. The first kappa shape index (κ1) is 38.3. The van der Waals surface area contributed by atoms with E-state index < -0.39 is 40.1 Å². The monoisotopic (exact) mass is 750 g/mol. The number of nitrogens with zero attached hydrogens (tertiary/aromatic N) is 4. The summed E-state index contributed by atoms with van der Waals surface area (Å²) < 4.78 is 32.3. The molecule has 1 aromatic carbocycles. The minimum absolute atomic E-state index is 0.00122. The number of methoxy groups -OCH3 is 1. The number of benzene rings is 1. The van der Waals surface area contributed by atoms with Crippen LogP contribution in [0.25, 0.3) is 21.0 Å². The summed E-state index contributed by atoms with van der Waals surface area (Å²) in [6, 6.07) is 7.50. The Labute approximate surface area is 312 Å². The molecule has 14 heteroatoms. The Morgan fingerprint density at radius 1 is 0.981 bits per heavy atom. The van der Waals surface area contributed by atoms with E-state index in [-0.39, 0.29) is 36.0 Å². The number of carbonyl (C=O) groups excluding carboxylic acids is 2. The first-order valence-corrected chi connectivity index (χ1v) is 18.8. The van der Waals surface area contributed by atoms with Crippen molar-refractivity contribution in [2.75, 3.05) is 20.2 Å². The van der Waals surface area contributed by atoms with Crippen LogP contribution in [0.3, 0.4) is 0 Å². The highest BCUT2D eigenvalue weighted by molar-refractivity contribution is 7.22. The van der Waals surface area contributed by atoms with Crippen LogP contribution in [0.4, 0.5) is 4.79 Å². The second-order valence-electron chi connectivity index (χ2n) is 16.5. The van der Waals surface area contributed by atoms with Crippen LogP contribution in [0.15, 0.2) is 50.7 Å². The van der Waals surface area contributed by atoms with Crippen molar-refractivity contribution >= 4 is 33.6 Å². The third kappa shape index (κ3) is 7.66. The molecule has 2 aliphatic rings. The number of aryl methyl sites for hydroxylation is 1. The summed E-state index contributed by atoms with van der Waals surface area (Å²) in [5.41, 5.74) is -3.09. The quantitative estimate of drug-likeness (QED) is 0.170. The Morgan fingerprint density at radius 3 is 2.21 bits per heavy atom. The predicted molar refractivity (Wildman–Crippen MR) is 200 cm³/mol. The van der Waals surface area contributed by atoms with Gasteiger partial charge in [0.15, 0.2) is 0 Å². The van der Waals surface area contributed by atoms with Gasteiger partial charge in [0.2, 0.25) is 5.89 Å². The maximum absolute atomic E-state index is 14.8. The van der Waals surface area contributed by atoms with Crippen LogP contribution in [-0.4, -0.2) is 68.6 Å². The molecule has 2 fully saturated rings. The highest BCUT2D eigenvalue weighted by Crippen LogP contribution is 2.43. The molecule has 1 amide bonds. The zero-order valence-corrected chi connectivity index (χ0v) is 33.0. The molecule has 6 rings (SSSR count). The predicted octanol–water partition coefficient (Wildman–Crippen LogP) is 6.68. The zero-order valence-electron chi connectivity index (χ0n) is 32.2. The van der Waals surface area contributed by atoms with Gasteiger partial charge in [-0.1, -0.05) is 18.2 Å². The number of ether oxygens (including phenoxy) is 4. The van der Waals surface area contributed by atoms with Gasteiger partial charge in [-0.3, -0.25) is 9.36 Å². The fourth-order valence-electron chi connectivity index (χ4n) is 7.41. The lowest BCUT2D eigenvalue weighted by atomic mass is 10.0. The van der Waals surface area contributed by atoms with Crippen LogP contribution in [-0.2, 0) is 31.1 Å². The fourth-order valence-corrected chi connectivity index (χ4v) is 8.65. The molecule has 4 aromatic rings. The van der Waals surface area contributed by atoms with Gasteiger partial charge in [0.1, 0.15) is 39.7 Å². The van der Waals surface area contributed by atoms with E-state index in [4.69, 9.17) is 23.4 Å². The lowest BCUT2D eigenvalue weighted by Gasteiger charge is -2.31. The van der Waals surface area contributed by atoms with Crippen LogP contribution < -0.4 is 16.0 Å². The third-order valence-electron chi connectivity index (χ3n) is 9.85. The van der Waals surface area contributed by atoms with Crippen LogP contribution in [0.1, 0.15) is 85.5 Å². The first-order valence-electron chi connectivity index (χ1n) is 18.0. The van der Waals surface area contributed by atoms with E-state index in [0.29, 0.717) is 40.0 Å². The molecule has 1 aliphatic carbocycles. The Morgan fingerprint density at radius 2 is 1.62 bits per heavy atom. The van der Waals surface area contributed by atoms with E-state index in [9.17, 15) is 19.2 Å². The molecule has 0 spiro atoms. The summed E-state index contributed by atoms with van der Waals surface area (Å²) in [7, 11) is 1.58. The van der Waals surface area contributed by atoms with Crippen molar-refractivity contribution in [1.82, 2.24) is 19.0 Å². The molecule has 1 saturated carbocycles. The Hall–Kier alpha value is -4.43. The van der Waals surface area contributed by atoms with Crippen molar-refractivity contribution in [3.8, 4) is 16.5 Å². The van der Waals surface area contributed by atoms with Crippen molar-refractivity contribution in [2.45, 2.75) is 111 Å². The SMILES string of the molecule is COc1ccccc1C(Cn1c(=O)n(C(C)(C)C(=O)OC(C)(C)C)c(=O)c2c(C)c(-c3ncco3)sc21)OC1CC2CN(C(=O)OC(C)(C)C)CC2C1. The molecule has 1 aliphatic heterocycles. The molecule has 0 bridgehead atoms. The number of thiophene rings is 1. The number of carbonyl (C=O) groups is 2. The smallest absolute Gasteiger partial charge is 0.410 e. The molecule has 0 radical (unpaired) electrons. The number of esters is 1. The normalized spacial score (nSPS) is 19.7. The van der Waals surface area contributed by atoms with Crippen molar-refractivity contribution in [1.29, 1.82) is 0 Å². The lowest BCUT2D eigenvalue weighted by Crippen LogP contribution is -2.54. The number of likely N-dealkylation sites (tertiary alicyclic amines) is 1. The highest BCUT2D eigenvalue weighted by atomic mass is 32.1. The number of hydrogen-bond acceptors (Lipinski definition) is 11. The molecule has 4 heterocycles. The maximum Gasteiger partial charge on any atom is 0.410 e. The highest BCUT2D eigenvalue weighted by Gasteiger charge is 2.45. The summed E-state index contributed by atoms with van der Waals surface area (Å²) in [5, 5.41) is 0.274. The molecule has 53 heavy (non-hydrogen) atoms. The van der Waals surface area contributed by atoms with Crippen molar-refractivity contribution < 1.29 is 33.0 Å². The Kier molecular flexibility index (Phi) is 10.2. The van der Waals surface area contributed by atoms with Gasteiger partial charge in [0.05, 0.1) is 36.2 Å². The van der Waals surface area contributed by atoms with Crippen LogP contribution in [0.5, 0.6) is 5.75 Å². The summed E-state index contributed by atoms with van der Waals surface area (Å²) >= 11 is 1.23. The van der Waals surface area contributed by atoms with Crippen molar-refractivity contribution in [3.63, 3.8) is 0 Å². The van der Waals surface area contributed by atoms with E-state index in [1.807, 2.05) is 45.0 Å². The van der Waals surface area contributed by atoms with E-state index in [2.05, 4.69) is 4.98 Å². The average Bonchev–Trinajstić information content (AvgIpc) is 3.85. The fraction of sp³-hybridized carbons (Fsp3) is 0.564. The summed E-state index contributed by atoms with van der Waals surface area (Å²) in [4.78, 5) is 62.8. The molecule has 0 N–H and O–H groups in total. The number of hydrogen-bond donors (Lipinski definition) is 0. The van der Waals surface area contributed by atoms with Crippen molar-refractivity contribution in [2.24, 2.45) is 11.8 Å². The van der Waals surface area contributed by atoms with Gasteiger partial charge >= 0.3 is 17.8 Å². The standard InChI is InChI=1S/C39H50N4O9S/c1-22-29-32(44)43(39(8,9)34(45)51-37(2,3)4)35(46)42(33(29)53-30(22)31-40-15-16-49-31)21-28(26-13-11-12-14-27(26)48-10)50-25-17-23-19-41(20-24(23)18-25)36(47)52-38(5,6)7/h11-16,23-25,28H,17-21H2,1-10H3. The van der Waals surface area contributed by atoms with Gasteiger partial charge in [-0.2, -0.15) is 0 Å². The van der Waals surface area contributed by atoms with Gasteiger partial charge < -0.3 is 28.3 Å². The van der Waals surface area contributed by atoms with E-state index >= 15 is 0 Å². The number of amides is 1. The number of rotatable bonds is 9. The lowest BCUT2D eigenvalue weighted by molar-refractivity contribution is -0.164. The summed E-state index contributed by atoms with van der Waals surface area (Å²) in [6.07, 6.45) is 3.23. The molecule has 286 valence electrons. The van der Waals surface area contributed by atoms with E-state index in [1.54, 1.807) is 39.7 Å². The van der Waals surface area contributed by atoms with Crippen LogP contribution >= 0.6 is 11.3 Å². The van der Waals surface area contributed by atoms with Gasteiger partial charge in [-0.15, -0.1) is 11.3 Å². The third-order valence-corrected chi connectivity index (χ3v) is 11.1. The minimum atomic E-state index is -1.67. The maximum atomic E-state index is 14.8. The minimum Gasteiger partial charge on any atom is -0.496 e. The first-order chi connectivity index (χ1) is 24.8. The average molecular weight is 751 g/mol. The molecule has 13 nitrogen and oxygen atoms in total. The zero-order chi connectivity index (χ0) is 38.6. The van der Waals surface area contributed by atoms with E-state index in [1.165, 1.54) is 42.2 Å². The molecular formula is C39H50N4O9S. The van der Waals surface area contributed by atoms with E-state index in [0.717, 1.165) is 23.0 Å². The Balaban J connectivity index is 1.43. The summed E-state index contributed by atoms with van der Waals surface area (Å²) in [5.74, 6) is 0.656. The van der Waals surface area contributed by atoms with Crippen LogP contribution in [0, 0.1) is 18.8 Å². The van der Waals surface area contributed by atoms with Crippen molar-refractivity contribution in [3.05, 3.63) is 68.7 Å². The molecule has 1 saturated heterocycles. The largest absolute Gasteiger partial charge is 0.496 e. The number of para-hydroxylation sites is 1. The molecule has 3 unspecified atom stereocenters. The number of oxazole rings is 1. The van der Waals surface area contributed by atoms with Gasteiger partial charge in [-0.25, -0.2) is 23.9 Å². The molecule has 3 aromatic heterocycles. The summed E-state index contributed by atoms with van der Waals surface area (Å²) in [6.45, 7) is 16.8. The molecular weight excluding hydrogens is 701 g/mol. The van der Waals surface area contributed by atoms with Crippen LogP contribution in [0.2, 0.25) is 0 Å². The van der Waals surface area contributed by atoms with Gasteiger partial charge in [0, 0.05) is 18.7 Å². The number of fused-ring (bicyclic) bond motifs is 2.